The third kappa shape index (κ3) is 7.11. The van der Waals surface area contributed by atoms with Crippen LogP contribution in [-0.2, 0) is 26.2 Å². The molecule has 0 aliphatic carbocycles. The molecule has 3 aromatic carbocycles. The van der Waals surface area contributed by atoms with Crippen LogP contribution in [-0.4, -0.2) is 57.5 Å². The van der Waals surface area contributed by atoms with Crippen molar-refractivity contribution >= 4 is 50.7 Å². The molecule has 1 heterocycles. The van der Waals surface area contributed by atoms with E-state index >= 15 is 0 Å². The van der Waals surface area contributed by atoms with Gasteiger partial charge in [-0.05, 0) is 49.2 Å². The van der Waals surface area contributed by atoms with Crippen LogP contribution >= 0.6 is 23.2 Å². The van der Waals surface area contributed by atoms with Crippen molar-refractivity contribution in [1.82, 2.24) is 10.2 Å². The highest BCUT2D eigenvalue weighted by Crippen LogP contribution is 2.36. The highest BCUT2D eigenvalue weighted by molar-refractivity contribution is 7.92. The Labute approximate surface area is 256 Å². The van der Waals surface area contributed by atoms with Gasteiger partial charge in [0.25, 0.3) is 10.0 Å². The van der Waals surface area contributed by atoms with E-state index < -0.39 is 28.5 Å². The third-order valence-corrected chi connectivity index (χ3v) is 9.25. The van der Waals surface area contributed by atoms with Crippen molar-refractivity contribution in [2.45, 2.75) is 44.2 Å². The van der Waals surface area contributed by atoms with Gasteiger partial charge in [-0.1, -0.05) is 61.3 Å². The van der Waals surface area contributed by atoms with Crippen LogP contribution in [0.4, 0.5) is 5.69 Å². The number of hydrogen-bond donors (Lipinski definition) is 1. The number of carbonyl (C=O) groups excluding carboxylic acids is 2. The van der Waals surface area contributed by atoms with Crippen molar-refractivity contribution in [2.75, 3.05) is 30.6 Å². The van der Waals surface area contributed by atoms with E-state index in [2.05, 4.69) is 5.32 Å². The molecule has 2 amide bonds. The quantitative estimate of drug-likeness (QED) is 0.290. The summed E-state index contributed by atoms with van der Waals surface area (Å²) in [7, 11) is -4.23. The Hall–Kier alpha value is -3.47. The van der Waals surface area contributed by atoms with Crippen molar-refractivity contribution in [3.63, 3.8) is 0 Å². The number of hydrogen-bond acceptors (Lipinski definition) is 6. The number of anilines is 1. The molecule has 0 fully saturated rings. The van der Waals surface area contributed by atoms with Crippen molar-refractivity contribution < 1.29 is 27.5 Å². The summed E-state index contributed by atoms with van der Waals surface area (Å²) < 4.78 is 40.3. The maximum Gasteiger partial charge on any atom is 0.264 e. The van der Waals surface area contributed by atoms with Gasteiger partial charge in [0.1, 0.15) is 25.8 Å². The first-order chi connectivity index (χ1) is 20.2. The molecule has 9 nitrogen and oxygen atoms in total. The van der Waals surface area contributed by atoms with Gasteiger partial charge in [-0.15, -0.1) is 0 Å². The predicted octanol–water partition coefficient (Wildman–Crippen LogP) is 5.29. The number of benzene rings is 3. The average Bonchev–Trinajstić information content (AvgIpc) is 3.00. The van der Waals surface area contributed by atoms with Crippen molar-refractivity contribution in [3.05, 3.63) is 82.3 Å². The molecule has 1 aliphatic rings. The topological polar surface area (TPSA) is 105 Å². The predicted molar refractivity (Wildman–Crippen MR) is 163 cm³/mol. The van der Waals surface area contributed by atoms with E-state index in [1.807, 2.05) is 6.92 Å². The van der Waals surface area contributed by atoms with E-state index in [1.165, 1.54) is 23.1 Å². The summed E-state index contributed by atoms with van der Waals surface area (Å²) in [5.74, 6) is -0.127. The number of halogens is 2. The molecule has 0 bridgehead atoms. The third-order valence-electron chi connectivity index (χ3n) is 6.75. The summed E-state index contributed by atoms with van der Waals surface area (Å²) in [6.07, 6.45) is 0.985. The number of nitrogens with one attached hydrogen (secondary N) is 1. The second-order valence-corrected chi connectivity index (χ2v) is 12.3. The van der Waals surface area contributed by atoms with E-state index in [9.17, 15) is 18.0 Å². The molecule has 0 radical (unpaired) electrons. The highest BCUT2D eigenvalue weighted by Gasteiger charge is 2.34. The molecule has 3 aromatic rings. The number of ether oxygens (including phenoxy) is 2. The van der Waals surface area contributed by atoms with E-state index in [0.717, 1.165) is 4.31 Å². The summed E-state index contributed by atoms with van der Waals surface area (Å²) in [5, 5.41) is 3.50. The van der Waals surface area contributed by atoms with E-state index in [0.29, 0.717) is 53.3 Å². The zero-order valence-electron chi connectivity index (χ0n) is 23.4. The highest BCUT2D eigenvalue weighted by atomic mass is 35.5. The lowest BCUT2D eigenvalue weighted by atomic mass is 10.1. The Morgan fingerprint density at radius 2 is 1.60 bits per heavy atom. The van der Waals surface area contributed by atoms with Crippen LogP contribution in [0.3, 0.4) is 0 Å². The number of nitrogens with zero attached hydrogens (tertiary/aromatic N) is 2. The lowest BCUT2D eigenvalue weighted by Gasteiger charge is -2.33. The van der Waals surface area contributed by atoms with Crippen LogP contribution in [0.5, 0.6) is 11.5 Å². The van der Waals surface area contributed by atoms with E-state index in [4.69, 9.17) is 32.7 Å². The largest absolute Gasteiger partial charge is 0.486 e. The maximum absolute atomic E-state index is 14.2. The number of rotatable bonds is 12. The molecule has 1 N–H and O–H groups in total. The van der Waals surface area contributed by atoms with E-state index in [1.54, 1.807) is 55.5 Å². The average molecular weight is 635 g/mol. The van der Waals surface area contributed by atoms with Gasteiger partial charge in [0.2, 0.25) is 11.8 Å². The molecule has 0 aromatic heterocycles. The molecule has 0 spiro atoms. The molecular formula is C30H33Cl2N3O6S. The van der Waals surface area contributed by atoms with Gasteiger partial charge in [-0.25, -0.2) is 8.42 Å². The number of sulfonamides is 1. The van der Waals surface area contributed by atoms with Crippen LogP contribution in [0, 0.1) is 0 Å². The van der Waals surface area contributed by atoms with Gasteiger partial charge >= 0.3 is 0 Å². The zero-order valence-corrected chi connectivity index (χ0v) is 25.7. The monoisotopic (exact) mass is 633 g/mol. The zero-order chi connectivity index (χ0) is 30.3. The van der Waals surface area contributed by atoms with Crippen molar-refractivity contribution in [3.8, 4) is 11.5 Å². The van der Waals surface area contributed by atoms with Gasteiger partial charge < -0.3 is 19.7 Å². The lowest BCUT2D eigenvalue weighted by molar-refractivity contribution is -0.140. The van der Waals surface area contributed by atoms with Gasteiger partial charge in [0.15, 0.2) is 11.5 Å². The summed E-state index contributed by atoms with van der Waals surface area (Å²) >= 11 is 12.9. The molecule has 0 saturated carbocycles. The minimum Gasteiger partial charge on any atom is -0.486 e. The minimum absolute atomic E-state index is 0.00103. The molecular weight excluding hydrogens is 601 g/mol. The molecule has 12 heteroatoms. The first kappa shape index (κ1) is 31.5. The standard InChI is InChI=1S/C30H33Cl2N3O6S/c1-3-15-33-30(37)26(4-2)34(19-23-24(31)11-8-12-25(23)32)29(36)20-35(42(38,39)22-9-6-5-7-10-22)21-13-14-27-28(18-21)41-17-16-40-27/h5-14,18,26H,3-4,15-17,19-20H2,1-2H3,(H,33,37). The van der Waals surface area contributed by atoms with Crippen LogP contribution in [0.1, 0.15) is 32.3 Å². The molecule has 0 saturated heterocycles. The van der Waals surface area contributed by atoms with Crippen LogP contribution < -0.4 is 19.1 Å². The molecule has 4 rings (SSSR count). The van der Waals surface area contributed by atoms with Crippen LogP contribution in [0.2, 0.25) is 10.0 Å². The van der Waals surface area contributed by atoms with Gasteiger partial charge in [0.05, 0.1) is 10.6 Å². The fraction of sp³-hybridized carbons (Fsp3) is 0.333. The Kier molecular flexibility index (Phi) is 10.6. The molecule has 1 aliphatic heterocycles. The second-order valence-electron chi connectivity index (χ2n) is 9.59. The summed E-state index contributed by atoms with van der Waals surface area (Å²) in [5.41, 5.74) is 0.656. The molecule has 224 valence electrons. The molecule has 42 heavy (non-hydrogen) atoms. The Bertz CT molecular complexity index is 1500. The maximum atomic E-state index is 14.2. The Morgan fingerprint density at radius 3 is 2.24 bits per heavy atom. The SMILES string of the molecule is CCCNC(=O)C(CC)N(Cc1c(Cl)cccc1Cl)C(=O)CN(c1ccc2c(c1)OCCO2)S(=O)(=O)c1ccccc1. The summed E-state index contributed by atoms with van der Waals surface area (Å²) in [4.78, 5) is 28.8. The van der Waals surface area contributed by atoms with Crippen molar-refractivity contribution in [1.29, 1.82) is 0 Å². The number of fused-ring (bicyclic) bond motifs is 1. The second kappa shape index (κ2) is 14.1. The summed E-state index contributed by atoms with van der Waals surface area (Å²) in [6.45, 7) is 4.10. The number of carbonyl (C=O) groups is 2. The van der Waals surface area contributed by atoms with E-state index in [-0.39, 0.29) is 29.5 Å². The molecule has 1 unspecified atom stereocenters. The Morgan fingerprint density at radius 1 is 0.929 bits per heavy atom. The smallest absolute Gasteiger partial charge is 0.264 e. The van der Waals surface area contributed by atoms with Gasteiger partial charge in [-0.3, -0.25) is 13.9 Å². The normalized spacial score (nSPS) is 13.2. The minimum atomic E-state index is -4.23. The number of amides is 2. The van der Waals surface area contributed by atoms with Gasteiger partial charge in [0, 0.05) is 34.8 Å². The van der Waals surface area contributed by atoms with Crippen LogP contribution in [0.15, 0.2) is 71.6 Å². The Balaban J connectivity index is 1.78. The van der Waals surface area contributed by atoms with Gasteiger partial charge in [-0.2, -0.15) is 0 Å². The first-order valence-corrected chi connectivity index (χ1v) is 15.8. The lowest BCUT2D eigenvalue weighted by Crippen LogP contribution is -2.52. The fourth-order valence-corrected chi connectivity index (χ4v) is 6.52. The summed E-state index contributed by atoms with van der Waals surface area (Å²) in [6, 6.07) is 16.6. The first-order valence-electron chi connectivity index (χ1n) is 13.6. The molecule has 1 atom stereocenters. The van der Waals surface area contributed by atoms with Crippen LogP contribution in [0.25, 0.3) is 0 Å². The fourth-order valence-electron chi connectivity index (χ4n) is 4.57. The van der Waals surface area contributed by atoms with Crippen molar-refractivity contribution in [2.24, 2.45) is 0 Å².